The molecule has 5 heteroatoms. The predicted octanol–water partition coefficient (Wildman–Crippen LogP) is 5.27. The van der Waals surface area contributed by atoms with Crippen molar-refractivity contribution < 1.29 is 13.9 Å². The summed E-state index contributed by atoms with van der Waals surface area (Å²) in [4.78, 5) is 15.5. The molecular weight excluding hydrogens is 361 g/mol. The number of nitrogens with zero attached hydrogens (tertiary/aromatic N) is 1. The molecule has 0 unspecified atom stereocenters. The maximum atomic E-state index is 13.7. The standard InChI is InChI=1S/C22H20FNO2S/c23-20-8-2-1-6-17(20)15-26-19-7-3-5-16(13-19)14-24(18-10-11-18)22(25)21-9-4-12-27-21/h1-9,12-13,18H,10-11,14-15H2. The van der Waals surface area contributed by atoms with Crippen molar-refractivity contribution in [2.75, 3.05) is 0 Å². The van der Waals surface area contributed by atoms with Crippen LogP contribution in [0.5, 0.6) is 5.75 Å². The Morgan fingerprint density at radius 1 is 1.11 bits per heavy atom. The van der Waals surface area contributed by atoms with Gasteiger partial charge in [-0.25, -0.2) is 4.39 Å². The van der Waals surface area contributed by atoms with E-state index in [9.17, 15) is 9.18 Å². The SMILES string of the molecule is O=C(c1cccs1)N(Cc1cccc(OCc2ccccc2F)c1)C1CC1. The van der Waals surface area contributed by atoms with Crippen molar-refractivity contribution >= 4 is 17.2 Å². The first-order chi connectivity index (χ1) is 13.2. The lowest BCUT2D eigenvalue weighted by molar-refractivity contribution is 0.0734. The molecule has 1 saturated carbocycles. The molecule has 1 aliphatic rings. The Hall–Kier alpha value is -2.66. The molecule has 0 spiro atoms. The number of carbonyl (C=O) groups excluding carboxylic acids is 1. The van der Waals surface area contributed by atoms with Crippen molar-refractivity contribution in [2.24, 2.45) is 0 Å². The van der Waals surface area contributed by atoms with Gasteiger partial charge in [0.2, 0.25) is 0 Å². The molecule has 0 atom stereocenters. The van der Waals surface area contributed by atoms with Crippen LogP contribution in [0.1, 0.15) is 33.6 Å². The van der Waals surface area contributed by atoms with Crippen LogP contribution in [0.15, 0.2) is 66.0 Å². The van der Waals surface area contributed by atoms with E-state index in [1.165, 1.54) is 17.4 Å². The molecule has 0 N–H and O–H groups in total. The van der Waals surface area contributed by atoms with E-state index in [0.29, 0.717) is 23.9 Å². The zero-order valence-corrected chi connectivity index (χ0v) is 15.6. The van der Waals surface area contributed by atoms with Crippen molar-refractivity contribution in [1.29, 1.82) is 0 Å². The second-order valence-electron chi connectivity index (χ2n) is 6.67. The minimum Gasteiger partial charge on any atom is -0.489 e. The van der Waals surface area contributed by atoms with Crippen LogP contribution < -0.4 is 4.74 Å². The van der Waals surface area contributed by atoms with Crippen LogP contribution in [0.2, 0.25) is 0 Å². The van der Waals surface area contributed by atoms with E-state index < -0.39 is 0 Å². The van der Waals surface area contributed by atoms with Gasteiger partial charge >= 0.3 is 0 Å². The molecule has 27 heavy (non-hydrogen) atoms. The van der Waals surface area contributed by atoms with Crippen molar-refractivity contribution in [3.05, 3.63) is 87.9 Å². The molecule has 1 amide bonds. The molecule has 4 rings (SSSR count). The third-order valence-corrected chi connectivity index (χ3v) is 5.44. The van der Waals surface area contributed by atoms with Gasteiger partial charge in [0.15, 0.2) is 0 Å². The summed E-state index contributed by atoms with van der Waals surface area (Å²) in [6, 6.07) is 18.4. The van der Waals surface area contributed by atoms with Gasteiger partial charge in [0, 0.05) is 18.2 Å². The van der Waals surface area contributed by atoms with Gasteiger partial charge in [-0.15, -0.1) is 11.3 Å². The van der Waals surface area contributed by atoms with Crippen LogP contribution in [0.4, 0.5) is 4.39 Å². The highest BCUT2D eigenvalue weighted by atomic mass is 32.1. The summed E-state index contributed by atoms with van der Waals surface area (Å²) < 4.78 is 19.5. The first kappa shape index (κ1) is 17.7. The fourth-order valence-electron chi connectivity index (χ4n) is 3.00. The number of hydrogen-bond donors (Lipinski definition) is 0. The summed E-state index contributed by atoms with van der Waals surface area (Å²) >= 11 is 1.47. The highest BCUT2D eigenvalue weighted by molar-refractivity contribution is 7.12. The molecule has 1 aliphatic carbocycles. The molecule has 1 aromatic heterocycles. The summed E-state index contributed by atoms with van der Waals surface area (Å²) in [7, 11) is 0. The quantitative estimate of drug-likeness (QED) is 0.558. The van der Waals surface area contributed by atoms with Gasteiger partial charge in [0.25, 0.3) is 5.91 Å². The fourth-order valence-corrected chi connectivity index (χ4v) is 3.68. The number of thiophene rings is 1. The van der Waals surface area contributed by atoms with E-state index in [-0.39, 0.29) is 18.3 Å². The molecule has 3 nitrogen and oxygen atoms in total. The molecule has 2 aromatic carbocycles. The van der Waals surface area contributed by atoms with Gasteiger partial charge in [-0.2, -0.15) is 0 Å². The second kappa shape index (κ2) is 7.92. The monoisotopic (exact) mass is 381 g/mol. The first-order valence-corrected chi connectivity index (χ1v) is 9.88. The number of hydrogen-bond acceptors (Lipinski definition) is 3. The fraction of sp³-hybridized carbons (Fsp3) is 0.227. The van der Waals surface area contributed by atoms with Gasteiger partial charge in [-0.3, -0.25) is 4.79 Å². The lowest BCUT2D eigenvalue weighted by Gasteiger charge is -2.22. The lowest BCUT2D eigenvalue weighted by Crippen LogP contribution is -2.32. The van der Waals surface area contributed by atoms with E-state index in [1.54, 1.807) is 18.2 Å². The highest BCUT2D eigenvalue weighted by Gasteiger charge is 2.33. The Morgan fingerprint density at radius 2 is 1.96 bits per heavy atom. The molecular formula is C22H20FNO2S. The van der Waals surface area contributed by atoms with Gasteiger partial charge in [-0.05, 0) is 48.1 Å². The van der Waals surface area contributed by atoms with Gasteiger partial charge in [0.05, 0.1) is 4.88 Å². The van der Waals surface area contributed by atoms with Crippen LogP contribution in [0, 0.1) is 5.82 Å². The average Bonchev–Trinajstić information content (AvgIpc) is 3.38. The molecule has 0 bridgehead atoms. The number of amides is 1. The maximum absolute atomic E-state index is 13.7. The van der Waals surface area contributed by atoms with E-state index >= 15 is 0 Å². The van der Waals surface area contributed by atoms with E-state index in [1.807, 2.05) is 46.7 Å². The number of ether oxygens (including phenoxy) is 1. The topological polar surface area (TPSA) is 29.5 Å². The average molecular weight is 381 g/mol. The Kier molecular flexibility index (Phi) is 5.21. The van der Waals surface area contributed by atoms with Crippen LogP contribution in [0.3, 0.4) is 0 Å². The molecule has 138 valence electrons. The summed E-state index contributed by atoms with van der Waals surface area (Å²) in [6.45, 7) is 0.731. The Bertz CT molecular complexity index is 922. The maximum Gasteiger partial charge on any atom is 0.264 e. The van der Waals surface area contributed by atoms with E-state index in [4.69, 9.17) is 4.74 Å². The Morgan fingerprint density at radius 3 is 2.70 bits per heavy atom. The molecule has 0 aliphatic heterocycles. The molecule has 0 radical (unpaired) electrons. The summed E-state index contributed by atoms with van der Waals surface area (Å²) in [5.41, 5.74) is 1.54. The van der Waals surface area contributed by atoms with Crippen molar-refractivity contribution in [1.82, 2.24) is 4.90 Å². The van der Waals surface area contributed by atoms with E-state index in [2.05, 4.69) is 0 Å². The molecule has 1 fully saturated rings. The Labute approximate surface area is 162 Å². The number of halogens is 1. The number of carbonyl (C=O) groups is 1. The third kappa shape index (κ3) is 4.37. The zero-order chi connectivity index (χ0) is 18.6. The summed E-state index contributed by atoms with van der Waals surface area (Å²) in [5.74, 6) is 0.496. The predicted molar refractivity (Wildman–Crippen MR) is 104 cm³/mol. The number of rotatable bonds is 7. The third-order valence-electron chi connectivity index (χ3n) is 4.58. The van der Waals surface area contributed by atoms with Gasteiger partial charge in [0.1, 0.15) is 18.2 Å². The second-order valence-corrected chi connectivity index (χ2v) is 7.62. The van der Waals surface area contributed by atoms with Crippen LogP contribution in [-0.2, 0) is 13.2 Å². The summed E-state index contributed by atoms with van der Waals surface area (Å²) in [6.07, 6.45) is 2.11. The zero-order valence-electron chi connectivity index (χ0n) is 14.8. The molecule has 3 aromatic rings. The van der Waals surface area contributed by atoms with E-state index in [0.717, 1.165) is 23.3 Å². The highest BCUT2D eigenvalue weighted by Crippen LogP contribution is 2.31. The largest absolute Gasteiger partial charge is 0.489 e. The van der Waals surface area contributed by atoms with Crippen LogP contribution >= 0.6 is 11.3 Å². The Balaban J connectivity index is 1.45. The summed E-state index contributed by atoms with van der Waals surface area (Å²) in [5, 5.41) is 1.93. The van der Waals surface area contributed by atoms with Crippen molar-refractivity contribution in [3.8, 4) is 5.75 Å². The first-order valence-electron chi connectivity index (χ1n) is 9.00. The van der Waals surface area contributed by atoms with Crippen LogP contribution in [0.25, 0.3) is 0 Å². The smallest absolute Gasteiger partial charge is 0.264 e. The van der Waals surface area contributed by atoms with Crippen LogP contribution in [-0.4, -0.2) is 16.8 Å². The normalized spacial score (nSPS) is 13.4. The van der Waals surface area contributed by atoms with Gasteiger partial charge in [-0.1, -0.05) is 36.4 Å². The molecule has 0 saturated heterocycles. The van der Waals surface area contributed by atoms with Crippen molar-refractivity contribution in [3.63, 3.8) is 0 Å². The minimum atomic E-state index is -0.268. The number of benzene rings is 2. The lowest BCUT2D eigenvalue weighted by atomic mass is 10.2. The molecule has 1 heterocycles. The van der Waals surface area contributed by atoms with Crippen molar-refractivity contribution in [2.45, 2.75) is 32.0 Å². The minimum absolute atomic E-state index is 0.0881. The van der Waals surface area contributed by atoms with Gasteiger partial charge < -0.3 is 9.64 Å².